The van der Waals surface area contributed by atoms with Gasteiger partial charge in [0.1, 0.15) is 0 Å². The molecular formula is C20H22N4O2. The molecule has 0 N–H and O–H groups in total. The number of rotatable bonds is 6. The molecule has 0 spiro atoms. The summed E-state index contributed by atoms with van der Waals surface area (Å²) < 4.78 is 11.4. The molecule has 1 atom stereocenters. The predicted octanol–water partition coefficient (Wildman–Crippen LogP) is 3.31. The Bertz CT molecular complexity index is 790. The summed E-state index contributed by atoms with van der Waals surface area (Å²) >= 11 is 0. The summed E-state index contributed by atoms with van der Waals surface area (Å²) in [6.07, 6.45) is 11.5. The molecule has 26 heavy (non-hydrogen) atoms. The van der Waals surface area contributed by atoms with Crippen LogP contribution in [0.4, 0.5) is 0 Å². The molecule has 1 aliphatic heterocycles. The molecule has 1 saturated heterocycles. The first-order chi connectivity index (χ1) is 12.9. The van der Waals surface area contributed by atoms with E-state index in [2.05, 4.69) is 19.9 Å². The fourth-order valence-corrected chi connectivity index (χ4v) is 3.22. The second-order valence-electron chi connectivity index (χ2n) is 6.56. The van der Waals surface area contributed by atoms with Gasteiger partial charge in [0.15, 0.2) is 11.6 Å². The largest absolute Gasteiger partial charge is 0.461 e. The minimum atomic E-state index is 0.257. The van der Waals surface area contributed by atoms with Crippen molar-refractivity contribution in [3.05, 3.63) is 66.4 Å². The minimum absolute atomic E-state index is 0.257. The van der Waals surface area contributed by atoms with E-state index in [4.69, 9.17) is 9.15 Å². The van der Waals surface area contributed by atoms with E-state index in [1.165, 1.54) is 0 Å². The number of likely N-dealkylation sites (tertiary alicyclic amines) is 1. The van der Waals surface area contributed by atoms with Crippen molar-refractivity contribution in [2.24, 2.45) is 0 Å². The zero-order valence-corrected chi connectivity index (χ0v) is 14.6. The molecule has 0 aliphatic carbocycles. The van der Waals surface area contributed by atoms with E-state index in [9.17, 15) is 0 Å². The molecule has 0 bridgehead atoms. The Kier molecular flexibility index (Phi) is 5.33. The average Bonchev–Trinajstić information content (AvgIpc) is 3.23. The molecule has 3 aromatic heterocycles. The second-order valence-corrected chi connectivity index (χ2v) is 6.56. The topological polar surface area (TPSA) is 64.3 Å². The highest BCUT2D eigenvalue weighted by Gasteiger charge is 2.20. The minimum Gasteiger partial charge on any atom is -0.461 e. The number of aromatic nitrogens is 3. The van der Waals surface area contributed by atoms with Crippen LogP contribution in [0.15, 0.2) is 59.7 Å². The van der Waals surface area contributed by atoms with Gasteiger partial charge in [0.25, 0.3) is 0 Å². The Balaban J connectivity index is 1.30. The van der Waals surface area contributed by atoms with E-state index >= 15 is 0 Å². The predicted molar refractivity (Wildman–Crippen MR) is 97.1 cm³/mol. The van der Waals surface area contributed by atoms with Crippen molar-refractivity contribution in [2.45, 2.75) is 32.1 Å². The molecule has 0 unspecified atom stereocenters. The van der Waals surface area contributed by atoms with Gasteiger partial charge in [-0.25, -0.2) is 9.97 Å². The Labute approximate surface area is 152 Å². The number of ether oxygens (including phenoxy) is 1. The fraction of sp³-hybridized carbons (Fsp3) is 0.350. The Morgan fingerprint density at radius 1 is 1.12 bits per heavy atom. The molecule has 0 radical (unpaired) electrons. The van der Waals surface area contributed by atoms with E-state index in [0.717, 1.165) is 43.6 Å². The van der Waals surface area contributed by atoms with Crippen molar-refractivity contribution in [3.8, 4) is 11.6 Å². The van der Waals surface area contributed by atoms with Crippen LogP contribution in [0.5, 0.6) is 0 Å². The standard InChI is InChI=1S/C20H22N4O2/c1-4-16(10-21-7-1)15-26-18-5-2-8-24(14-18)13-17-11-22-20(23-12-17)19-6-3-9-25-19/h1,3-4,6-7,9-12,18H,2,5,8,13-15H2/t18-/m0/s1. The smallest absolute Gasteiger partial charge is 0.195 e. The van der Waals surface area contributed by atoms with E-state index < -0.39 is 0 Å². The average molecular weight is 350 g/mol. The summed E-state index contributed by atoms with van der Waals surface area (Å²) in [5.41, 5.74) is 2.22. The maximum Gasteiger partial charge on any atom is 0.195 e. The first-order valence-electron chi connectivity index (χ1n) is 8.94. The van der Waals surface area contributed by atoms with Crippen LogP contribution in [-0.2, 0) is 17.9 Å². The monoisotopic (exact) mass is 350 g/mol. The summed E-state index contributed by atoms with van der Waals surface area (Å²) in [5.74, 6) is 1.31. The maximum atomic E-state index is 6.08. The number of piperidine rings is 1. The van der Waals surface area contributed by atoms with Crippen LogP contribution >= 0.6 is 0 Å². The third-order valence-electron chi connectivity index (χ3n) is 4.52. The quantitative estimate of drug-likeness (QED) is 0.679. The summed E-state index contributed by atoms with van der Waals surface area (Å²) in [5, 5.41) is 0. The maximum absolute atomic E-state index is 6.08. The Morgan fingerprint density at radius 3 is 2.81 bits per heavy atom. The van der Waals surface area contributed by atoms with Crippen LogP contribution < -0.4 is 0 Å². The molecule has 1 aliphatic rings. The van der Waals surface area contributed by atoms with Gasteiger partial charge in [-0.2, -0.15) is 0 Å². The Morgan fingerprint density at radius 2 is 2.04 bits per heavy atom. The fourth-order valence-electron chi connectivity index (χ4n) is 3.22. The van der Waals surface area contributed by atoms with E-state index in [1.807, 2.05) is 42.9 Å². The zero-order valence-electron chi connectivity index (χ0n) is 14.6. The van der Waals surface area contributed by atoms with Gasteiger partial charge in [-0.05, 0) is 43.1 Å². The summed E-state index contributed by atoms with van der Waals surface area (Å²) in [4.78, 5) is 15.4. The molecule has 4 heterocycles. The Hall–Kier alpha value is -2.57. The van der Waals surface area contributed by atoms with Gasteiger partial charge >= 0.3 is 0 Å². The van der Waals surface area contributed by atoms with Crippen molar-refractivity contribution in [1.29, 1.82) is 0 Å². The highest BCUT2D eigenvalue weighted by Crippen LogP contribution is 2.18. The van der Waals surface area contributed by atoms with Crippen molar-refractivity contribution in [3.63, 3.8) is 0 Å². The van der Waals surface area contributed by atoms with Gasteiger partial charge in [-0.15, -0.1) is 0 Å². The van der Waals surface area contributed by atoms with E-state index in [1.54, 1.807) is 12.5 Å². The lowest BCUT2D eigenvalue weighted by molar-refractivity contribution is -0.0122. The highest BCUT2D eigenvalue weighted by atomic mass is 16.5. The van der Waals surface area contributed by atoms with Crippen molar-refractivity contribution < 1.29 is 9.15 Å². The second kappa shape index (κ2) is 8.21. The number of pyridine rings is 1. The molecule has 134 valence electrons. The molecular weight excluding hydrogens is 328 g/mol. The lowest BCUT2D eigenvalue weighted by atomic mass is 10.1. The van der Waals surface area contributed by atoms with Crippen LogP contribution in [0.3, 0.4) is 0 Å². The van der Waals surface area contributed by atoms with Gasteiger partial charge in [-0.3, -0.25) is 9.88 Å². The van der Waals surface area contributed by atoms with E-state index in [-0.39, 0.29) is 6.10 Å². The zero-order chi connectivity index (χ0) is 17.6. The van der Waals surface area contributed by atoms with Gasteiger partial charge < -0.3 is 9.15 Å². The van der Waals surface area contributed by atoms with E-state index in [0.29, 0.717) is 18.2 Å². The van der Waals surface area contributed by atoms with Crippen LogP contribution in [-0.4, -0.2) is 39.0 Å². The molecule has 4 rings (SSSR count). The lowest BCUT2D eigenvalue weighted by Gasteiger charge is -2.32. The van der Waals surface area contributed by atoms with Crippen LogP contribution in [0, 0.1) is 0 Å². The summed E-state index contributed by atoms with van der Waals surface area (Å²) in [6, 6.07) is 7.69. The normalized spacial score (nSPS) is 18.1. The lowest BCUT2D eigenvalue weighted by Crippen LogP contribution is -2.39. The number of furan rings is 1. The van der Waals surface area contributed by atoms with Crippen LogP contribution in [0.25, 0.3) is 11.6 Å². The van der Waals surface area contributed by atoms with Crippen LogP contribution in [0.1, 0.15) is 24.0 Å². The number of hydrogen-bond donors (Lipinski definition) is 0. The van der Waals surface area contributed by atoms with Crippen LogP contribution in [0.2, 0.25) is 0 Å². The SMILES string of the molecule is c1cncc(CO[C@H]2CCCN(Cc3cnc(-c4ccco4)nc3)C2)c1. The molecule has 0 amide bonds. The van der Waals surface area contributed by atoms with Crippen molar-refractivity contribution in [1.82, 2.24) is 19.9 Å². The highest BCUT2D eigenvalue weighted by molar-refractivity contribution is 5.45. The first-order valence-corrected chi connectivity index (χ1v) is 8.94. The molecule has 6 heteroatoms. The van der Waals surface area contributed by atoms with Crippen molar-refractivity contribution >= 4 is 0 Å². The molecule has 1 fully saturated rings. The summed E-state index contributed by atoms with van der Waals surface area (Å²) in [7, 11) is 0. The molecule has 0 saturated carbocycles. The molecule has 0 aromatic carbocycles. The third-order valence-corrected chi connectivity index (χ3v) is 4.52. The third kappa shape index (κ3) is 4.33. The number of nitrogens with zero attached hydrogens (tertiary/aromatic N) is 4. The van der Waals surface area contributed by atoms with Gasteiger partial charge in [0, 0.05) is 43.4 Å². The number of hydrogen-bond acceptors (Lipinski definition) is 6. The van der Waals surface area contributed by atoms with Gasteiger partial charge in [0.2, 0.25) is 0 Å². The molecule has 3 aromatic rings. The van der Waals surface area contributed by atoms with Crippen molar-refractivity contribution in [2.75, 3.05) is 13.1 Å². The first kappa shape index (κ1) is 16.9. The summed E-state index contributed by atoms with van der Waals surface area (Å²) in [6.45, 7) is 3.46. The van der Waals surface area contributed by atoms with Gasteiger partial charge in [0.05, 0.1) is 19.0 Å². The molecule has 6 nitrogen and oxygen atoms in total. The van der Waals surface area contributed by atoms with Gasteiger partial charge in [-0.1, -0.05) is 6.07 Å².